The summed E-state index contributed by atoms with van der Waals surface area (Å²) in [6.45, 7) is 1.59. The lowest BCUT2D eigenvalue weighted by atomic mass is 10.4. The molecule has 1 rings (SSSR count). The van der Waals surface area contributed by atoms with E-state index in [0.717, 1.165) is 10.9 Å². The summed E-state index contributed by atoms with van der Waals surface area (Å²) in [4.78, 5) is 10.6. The fraction of sp³-hybridized carbons (Fsp3) is 0.571. The van der Waals surface area contributed by atoms with E-state index in [0.29, 0.717) is 6.42 Å². The number of rotatable bonds is 4. The predicted molar refractivity (Wildman–Crippen MR) is 47.0 cm³/mol. The van der Waals surface area contributed by atoms with Crippen LogP contribution in [0.15, 0.2) is 11.5 Å². The molecule has 0 saturated carbocycles. The standard InChI is InChI=1S/C7H11N3OS/c1-6(11)3-4-12-7-9-8-5-10(7)2/h5H,3-4H2,1-2H3. The maximum Gasteiger partial charge on any atom is 0.190 e. The van der Waals surface area contributed by atoms with Crippen molar-refractivity contribution in [1.82, 2.24) is 14.8 Å². The zero-order valence-corrected chi connectivity index (χ0v) is 7.97. The van der Waals surface area contributed by atoms with E-state index in [1.54, 1.807) is 25.0 Å². The Morgan fingerprint density at radius 3 is 3.00 bits per heavy atom. The fourth-order valence-electron chi connectivity index (χ4n) is 0.689. The van der Waals surface area contributed by atoms with Gasteiger partial charge in [-0.1, -0.05) is 11.8 Å². The molecule has 0 saturated heterocycles. The predicted octanol–water partition coefficient (Wildman–Crippen LogP) is 0.886. The van der Waals surface area contributed by atoms with Gasteiger partial charge in [0.2, 0.25) is 0 Å². The van der Waals surface area contributed by atoms with E-state index in [9.17, 15) is 4.79 Å². The van der Waals surface area contributed by atoms with Crippen molar-refractivity contribution in [2.24, 2.45) is 7.05 Å². The summed E-state index contributed by atoms with van der Waals surface area (Å²) in [6, 6.07) is 0. The molecule has 0 aromatic carbocycles. The van der Waals surface area contributed by atoms with E-state index in [4.69, 9.17) is 0 Å². The van der Waals surface area contributed by atoms with Crippen molar-refractivity contribution in [3.63, 3.8) is 0 Å². The minimum Gasteiger partial charge on any atom is -0.312 e. The third-order valence-corrected chi connectivity index (χ3v) is 2.39. The molecule has 1 aromatic heterocycles. The van der Waals surface area contributed by atoms with Gasteiger partial charge in [-0.3, -0.25) is 4.79 Å². The monoisotopic (exact) mass is 185 g/mol. The highest BCUT2D eigenvalue weighted by atomic mass is 32.2. The Morgan fingerprint density at radius 2 is 2.50 bits per heavy atom. The minimum absolute atomic E-state index is 0.213. The van der Waals surface area contributed by atoms with Crippen molar-refractivity contribution in [2.75, 3.05) is 5.75 Å². The largest absolute Gasteiger partial charge is 0.312 e. The summed E-state index contributed by atoms with van der Waals surface area (Å²) in [5.74, 6) is 0.992. The second kappa shape index (κ2) is 4.25. The molecule has 12 heavy (non-hydrogen) atoms. The first-order chi connectivity index (χ1) is 5.70. The molecule has 0 unspecified atom stereocenters. The van der Waals surface area contributed by atoms with Gasteiger partial charge < -0.3 is 4.57 Å². The van der Waals surface area contributed by atoms with Crippen LogP contribution in [0.25, 0.3) is 0 Å². The number of carbonyl (C=O) groups is 1. The zero-order chi connectivity index (χ0) is 8.97. The van der Waals surface area contributed by atoms with Gasteiger partial charge in [-0.2, -0.15) is 0 Å². The number of ketones is 1. The number of aryl methyl sites for hydroxylation is 1. The molecule has 0 N–H and O–H groups in total. The molecule has 0 aliphatic carbocycles. The molecule has 1 heterocycles. The lowest BCUT2D eigenvalue weighted by Crippen LogP contribution is -1.94. The first-order valence-electron chi connectivity index (χ1n) is 3.66. The average Bonchev–Trinajstić information content (AvgIpc) is 2.36. The molecule has 0 atom stereocenters. The molecule has 0 spiro atoms. The van der Waals surface area contributed by atoms with Gasteiger partial charge >= 0.3 is 0 Å². The topological polar surface area (TPSA) is 47.8 Å². The highest BCUT2D eigenvalue weighted by Gasteiger charge is 2.01. The molecule has 0 aliphatic heterocycles. The van der Waals surface area contributed by atoms with Crippen molar-refractivity contribution >= 4 is 17.5 Å². The quantitative estimate of drug-likeness (QED) is 0.653. The van der Waals surface area contributed by atoms with Crippen LogP contribution in [0.1, 0.15) is 13.3 Å². The summed E-state index contributed by atoms with van der Waals surface area (Å²) < 4.78 is 1.84. The summed E-state index contributed by atoms with van der Waals surface area (Å²) >= 11 is 1.55. The van der Waals surface area contributed by atoms with Crippen molar-refractivity contribution in [3.8, 4) is 0 Å². The summed E-state index contributed by atoms with van der Waals surface area (Å²) in [5, 5.41) is 8.46. The number of aromatic nitrogens is 3. The molecule has 0 fully saturated rings. The van der Waals surface area contributed by atoms with Gasteiger partial charge in [0.1, 0.15) is 12.1 Å². The smallest absolute Gasteiger partial charge is 0.190 e. The first kappa shape index (κ1) is 9.25. The Bertz CT molecular complexity index is 271. The van der Waals surface area contributed by atoms with Crippen LogP contribution in [0.5, 0.6) is 0 Å². The van der Waals surface area contributed by atoms with Crippen LogP contribution in [0.2, 0.25) is 0 Å². The normalized spacial score (nSPS) is 10.2. The van der Waals surface area contributed by atoms with Gasteiger partial charge in [0.05, 0.1) is 0 Å². The maximum absolute atomic E-state index is 10.6. The zero-order valence-electron chi connectivity index (χ0n) is 7.15. The van der Waals surface area contributed by atoms with Crippen LogP contribution in [0.4, 0.5) is 0 Å². The Hall–Kier alpha value is -0.840. The highest BCUT2D eigenvalue weighted by Crippen LogP contribution is 2.13. The van der Waals surface area contributed by atoms with Crippen molar-refractivity contribution in [1.29, 1.82) is 0 Å². The van der Waals surface area contributed by atoms with E-state index in [1.165, 1.54) is 0 Å². The summed E-state index contributed by atoms with van der Waals surface area (Å²) in [5.41, 5.74) is 0. The van der Waals surface area contributed by atoms with Gasteiger partial charge in [-0.25, -0.2) is 0 Å². The summed E-state index contributed by atoms with van der Waals surface area (Å²) in [6.07, 6.45) is 2.24. The molecular weight excluding hydrogens is 174 g/mol. The number of nitrogens with zero attached hydrogens (tertiary/aromatic N) is 3. The molecule has 66 valence electrons. The lowest BCUT2D eigenvalue weighted by molar-refractivity contribution is -0.116. The van der Waals surface area contributed by atoms with Crippen molar-refractivity contribution in [3.05, 3.63) is 6.33 Å². The average molecular weight is 185 g/mol. The third-order valence-electron chi connectivity index (χ3n) is 1.36. The lowest BCUT2D eigenvalue weighted by Gasteiger charge is -1.97. The molecule has 0 aliphatic rings. The van der Waals surface area contributed by atoms with Crippen molar-refractivity contribution < 1.29 is 4.79 Å². The number of carbonyl (C=O) groups excluding carboxylic acids is 1. The first-order valence-corrected chi connectivity index (χ1v) is 4.65. The maximum atomic E-state index is 10.6. The van der Waals surface area contributed by atoms with Crippen LogP contribution < -0.4 is 0 Å². The Balaban J connectivity index is 2.33. The van der Waals surface area contributed by atoms with Crippen LogP contribution in [0, 0.1) is 0 Å². The second-order valence-corrected chi connectivity index (χ2v) is 3.59. The van der Waals surface area contributed by atoms with Gasteiger partial charge in [-0.05, 0) is 6.92 Å². The van der Waals surface area contributed by atoms with E-state index < -0.39 is 0 Å². The molecule has 5 heteroatoms. The molecular formula is C7H11N3OS. The number of hydrogen-bond donors (Lipinski definition) is 0. The van der Waals surface area contributed by atoms with Crippen molar-refractivity contribution in [2.45, 2.75) is 18.5 Å². The van der Waals surface area contributed by atoms with Gasteiger partial charge in [-0.15, -0.1) is 10.2 Å². The fourth-order valence-corrected chi connectivity index (χ4v) is 1.62. The Labute approximate surface area is 75.4 Å². The molecule has 0 radical (unpaired) electrons. The Morgan fingerprint density at radius 1 is 1.75 bits per heavy atom. The van der Waals surface area contributed by atoms with Crippen LogP contribution in [-0.2, 0) is 11.8 Å². The second-order valence-electron chi connectivity index (χ2n) is 2.52. The van der Waals surface area contributed by atoms with Gasteiger partial charge in [0.25, 0.3) is 0 Å². The highest BCUT2D eigenvalue weighted by molar-refractivity contribution is 7.99. The van der Waals surface area contributed by atoms with Crippen LogP contribution in [0.3, 0.4) is 0 Å². The minimum atomic E-state index is 0.213. The van der Waals surface area contributed by atoms with Gasteiger partial charge in [0.15, 0.2) is 5.16 Å². The molecule has 0 bridgehead atoms. The molecule has 4 nitrogen and oxygen atoms in total. The number of thioether (sulfide) groups is 1. The third kappa shape index (κ3) is 2.65. The van der Waals surface area contributed by atoms with E-state index in [1.807, 2.05) is 11.6 Å². The number of Topliss-reactive ketones (excluding diaryl/α,β-unsaturated/α-hetero) is 1. The van der Waals surface area contributed by atoms with E-state index >= 15 is 0 Å². The van der Waals surface area contributed by atoms with Gasteiger partial charge in [0, 0.05) is 19.2 Å². The molecule has 1 aromatic rings. The Kier molecular flexibility index (Phi) is 3.28. The van der Waals surface area contributed by atoms with E-state index in [-0.39, 0.29) is 5.78 Å². The van der Waals surface area contributed by atoms with E-state index in [2.05, 4.69) is 10.2 Å². The van der Waals surface area contributed by atoms with Crippen LogP contribution in [-0.4, -0.2) is 26.3 Å². The van der Waals surface area contributed by atoms with Crippen LogP contribution >= 0.6 is 11.8 Å². The summed E-state index contributed by atoms with van der Waals surface area (Å²) in [7, 11) is 1.89. The number of hydrogen-bond acceptors (Lipinski definition) is 4. The SMILES string of the molecule is CC(=O)CCSc1nncn1C. The molecule has 0 amide bonds.